The Morgan fingerprint density at radius 1 is 1.40 bits per heavy atom. The molecule has 0 radical (unpaired) electrons. The minimum Gasteiger partial charge on any atom is -0.481 e. The molecular weight excluding hydrogens is 342 g/mol. The van der Waals surface area contributed by atoms with Crippen LogP contribution in [0.15, 0.2) is 33.6 Å². The quantitative estimate of drug-likeness (QED) is 0.759. The van der Waals surface area contributed by atoms with Gasteiger partial charge in [-0.05, 0) is 28.1 Å². The minimum atomic E-state index is -0.882. The molecule has 6 heteroatoms. The van der Waals surface area contributed by atoms with Crippen LogP contribution in [0.25, 0.3) is 0 Å². The van der Waals surface area contributed by atoms with E-state index in [1.807, 2.05) is 24.3 Å². The molecule has 1 amide bonds. The van der Waals surface area contributed by atoms with E-state index in [4.69, 9.17) is 5.11 Å². The van der Waals surface area contributed by atoms with Crippen LogP contribution in [0.1, 0.15) is 13.3 Å². The molecule has 4 nitrogen and oxygen atoms in total. The number of nitrogens with zero attached hydrogens (tertiary/aromatic N) is 1. The van der Waals surface area contributed by atoms with Crippen molar-refractivity contribution in [3.05, 3.63) is 28.7 Å². The Labute approximate surface area is 131 Å². The molecule has 1 unspecified atom stereocenters. The molecule has 1 aromatic carbocycles. The van der Waals surface area contributed by atoms with Crippen LogP contribution in [0.2, 0.25) is 0 Å². The Hall–Kier alpha value is -1.01. The standard InChI is InChI=1S/C14H18BrNO3S/c1-10(14(18)19)9-16(2)13(17)7-8-20-12-6-4-3-5-11(12)15/h3-6,10H,7-9H2,1-2H3,(H,18,19). The van der Waals surface area contributed by atoms with Gasteiger partial charge < -0.3 is 10.0 Å². The molecule has 0 saturated carbocycles. The summed E-state index contributed by atoms with van der Waals surface area (Å²) < 4.78 is 1.02. The van der Waals surface area contributed by atoms with E-state index in [-0.39, 0.29) is 12.5 Å². The van der Waals surface area contributed by atoms with Crippen molar-refractivity contribution in [2.45, 2.75) is 18.2 Å². The molecule has 0 bridgehead atoms. The molecular formula is C14H18BrNO3S. The molecule has 0 aromatic heterocycles. The number of aliphatic carboxylic acids is 1. The lowest BCUT2D eigenvalue weighted by Crippen LogP contribution is -2.33. The highest BCUT2D eigenvalue weighted by molar-refractivity contribution is 9.10. The molecule has 0 fully saturated rings. The summed E-state index contributed by atoms with van der Waals surface area (Å²) in [6, 6.07) is 7.86. The molecule has 0 aliphatic carbocycles. The summed E-state index contributed by atoms with van der Waals surface area (Å²) in [5, 5.41) is 8.82. The fraction of sp³-hybridized carbons (Fsp3) is 0.429. The molecule has 0 aliphatic heterocycles. The Kier molecular flexibility index (Phi) is 7.09. The number of thioether (sulfide) groups is 1. The molecule has 1 aromatic rings. The second-order valence-corrected chi connectivity index (χ2v) is 6.53. The summed E-state index contributed by atoms with van der Waals surface area (Å²) in [6.07, 6.45) is 0.398. The lowest BCUT2D eigenvalue weighted by molar-refractivity contribution is -0.142. The lowest BCUT2D eigenvalue weighted by Gasteiger charge is -2.19. The van der Waals surface area contributed by atoms with Gasteiger partial charge in [-0.15, -0.1) is 11.8 Å². The van der Waals surface area contributed by atoms with Crippen LogP contribution < -0.4 is 0 Å². The van der Waals surface area contributed by atoms with Crippen molar-refractivity contribution in [2.24, 2.45) is 5.92 Å². The van der Waals surface area contributed by atoms with E-state index < -0.39 is 11.9 Å². The predicted molar refractivity (Wildman–Crippen MR) is 83.9 cm³/mol. The van der Waals surface area contributed by atoms with E-state index in [1.54, 1.807) is 25.7 Å². The van der Waals surface area contributed by atoms with Gasteiger partial charge in [-0.25, -0.2) is 0 Å². The van der Waals surface area contributed by atoms with Crippen LogP contribution in [0.3, 0.4) is 0 Å². The van der Waals surface area contributed by atoms with E-state index >= 15 is 0 Å². The highest BCUT2D eigenvalue weighted by atomic mass is 79.9. The minimum absolute atomic E-state index is 0.0300. The van der Waals surface area contributed by atoms with Crippen molar-refractivity contribution in [1.82, 2.24) is 4.90 Å². The number of hydrogen-bond acceptors (Lipinski definition) is 3. The van der Waals surface area contributed by atoms with Crippen LogP contribution in [0.5, 0.6) is 0 Å². The number of carboxylic acid groups (broad SMARTS) is 1. The van der Waals surface area contributed by atoms with Gasteiger partial charge in [-0.3, -0.25) is 9.59 Å². The van der Waals surface area contributed by atoms with Crippen molar-refractivity contribution >= 4 is 39.6 Å². The smallest absolute Gasteiger partial charge is 0.308 e. The van der Waals surface area contributed by atoms with Gasteiger partial charge in [0.1, 0.15) is 0 Å². The number of benzene rings is 1. The zero-order valence-electron chi connectivity index (χ0n) is 11.5. The monoisotopic (exact) mass is 359 g/mol. The van der Waals surface area contributed by atoms with Gasteiger partial charge in [0.15, 0.2) is 0 Å². The summed E-state index contributed by atoms with van der Waals surface area (Å²) in [5.41, 5.74) is 0. The first-order valence-electron chi connectivity index (χ1n) is 6.26. The largest absolute Gasteiger partial charge is 0.481 e. The third-order valence-corrected chi connectivity index (χ3v) is 4.83. The number of amides is 1. The number of rotatable bonds is 7. The molecule has 0 aliphatic rings. The van der Waals surface area contributed by atoms with E-state index in [0.717, 1.165) is 9.37 Å². The van der Waals surface area contributed by atoms with Crippen molar-refractivity contribution in [3.63, 3.8) is 0 Å². The lowest BCUT2D eigenvalue weighted by atomic mass is 10.2. The molecule has 0 saturated heterocycles. The number of halogens is 1. The molecule has 1 atom stereocenters. The third kappa shape index (κ3) is 5.54. The van der Waals surface area contributed by atoms with E-state index in [2.05, 4.69) is 15.9 Å². The number of carbonyl (C=O) groups is 2. The Bertz CT molecular complexity index is 481. The van der Waals surface area contributed by atoms with Gasteiger partial charge in [0.25, 0.3) is 0 Å². The molecule has 20 heavy (non-hydrogen) atoms. The van der Waals surface area contributed by atoms with Gasteiger partial charge in [-0.2, -0.15) is 0 Å². The van der Waals surface area contributed by atoms with Gasteiger partial charge in [0, 0.05) is 35.1 Å². The van der Waals surface area contributed by atoms with E-state index in [1.165, 1.54) is 4.90 Å². The summed E-state index contributed by atoms with van der Waals surface area (Å²) in [4.78, 5) is 25.2. The van der Waals surface area contributed by atoms with Crippen LogP contribution in [0.4, 0.5) is 0 Å². The number of carboxylic acids is 1. The Morgan fingerprint density at radius 3 is 2.65 bits per heavy atom. The number of hydrogen-bond donors (Lipinski definition) is 1. The van der Waals surface area contributed by atoms with Crippen LogP contribution in [-0.2, 0) is 9.59 Å². The van der Waals surface area contributed by atoms with Crippen molar-refractivity contribution in [2.75, 3.05) is 19.3 Å². The van der Waals surface area contributed by atoms with E-state index in [9.17, 15) is 9.59 Å². The average molecular weight is 360 g/mol. The van der Waals surface area contributed by atoms with Gasteiger partial charge >= 0.3 is 5.97 Å². The normalized spacial score (nSPS) is 11.9. The topological polar surface area (TPSA) is 57.6 Å². The maximum absolute atomic E-state index is 11.9. The van der Waals surface area contributed by atoms with E-state index in [0.29, 0.717) is 12.2 Å². The van der Waals surface area contributed by atoms with Crippen molar-refractivity contribution < 1.29 is 14.7 Å². The van der Waals surface area contributed by atoms with Crippen LogP contribution in [0, 0.1) is 5.92 Å². The van der Waals surface area contributed by atoms with Gasteiger partial charge in [-0.1, -0.05) is 19.1 Å². The maximum Gasteiger partial charge on any atom is 0.308 e. The summed E-state index contributed by atoms with van der Waals surface area (Å²) in [5.74, 6) is -0.780. The highest BCUT2D eigenvalue weighted by Crippen LogP contribution is 2.27. The fourth-order valence-corrected chi connectivity index (χ4v) is 3.10. The Morgan fingerprint density at radius 2 is 2.05 bits per heavy atom. The predicted octanol–water partition coefficient (Wildman–Crippen LogP) is 3.11. The third-order valence-electron chi connectivity index (χ3n) is 2.81. The zero-order valence-corrected chi connectivity index (χ0v) is 13.9. The van der Waals surface area contributed by atoms with Crippen molar-refractivity contribution in [3.8, 4) is 0 Å². The molecule has 110 valence electrons. The first-order chi connectivity index (χ1) is 9.41. The number of carbonyl (C=O) groups excluding carboxylic acids is 1. The zero-order chi connectivity index (χ0) is 15.1. The summed E-state index contributed by atoms with van der Waals surface area (Å²) in [7, 11) is 1.64. The molecule has 1 N–H and O–H groups in total. The van der Waals surface area contributed by atoms with Crippen LogP contribution in [-0.4, -0.2) is 41.2 Å². The second-order valence-electron chi connectivity index (χ2n) is 4.54. The molecule has 1 rings (SSSR count). The second kappa shape index (κ2) is 8.32. The van der Waals surface area contributed by atoms with Gasteiger partial charge in [0.05, 0.1) is 5.92 Å². The molecule has 0 spiro atoms. The first kappa shape index (κ1) is 17.0. The van der Waals surface area contributed by atoms with Crippen LogP contribution >= 0.6 is 27.7 Å². The van der Waals surface area contributed by atoms with Crippen molar-refractivity contribution in [1.29, 1.82) is 0 Å². The highest BCUT2D eigenvalue weighted by Gasteiger charge is 2.17. The first-order valence-corrected chi connectivity index (χ1v) is 8.03. The fourth-order valence-electron chi connectivity index (χ4n) is 1.59. The summed E-state index contributed by atoms with van der Waals surface area (Å²) in [6.45, 7) is 1.84. The van der Waals surface area contributed by atoms with Gasteiger partial charge in [0.2, 0.25) is 5.91 Å². The molecule has 0 heterocycles. The Balaban J connectivity index is 2.36. The maximum atomic E-state index is 11.9. The average Bonchev–Trinajstić information content (AvgIpc) is 2.40. The summed E-state index contributed by atoms with van der Waals surface area (Å²) >= 11 is 5.07. The SMILES string of the molecule is CC(CN(C)C(=O)CCSc1ccccc1Br)C(=O)O.